The van der Waals surface area contributed by atoms with E-state index in [1.807, 2.05) is 0 Å². The van der Waals surface area contributed by atoms with E-state index in [-0.39, 0.29) is 17.3 Å². The summed E-state index contributed by atoms with van der Waals surface area (Å²) in [4.78, 5) is 23.7. The lowest BCUT2D eigenvalue weighted by Gasteiger charge is -2.29. The Labute approximate surface area is 101 Å². The fourth-order valence-corrected chi connectivity index (χ4v) is 2.26. The molecule has 0 aliphatic heterocycles. The SMILES string of the molecule is CN(C)C(=O)N[C@H]1CC[C@H](CC(=O)Cl)CC1. The molecular formula is C11H19ClN2O2. The van der Waals surface area contributed by atoms with Crippen molar-refractivity contribution in [3.8, 4) is 0 Å². The first-order valence-corrected chi connectivity index (χ1v) is 6.03. The molecule has 1 aliphatic rings. The maximum atomic E-state index is 11.4. The van der Waals surface area contributed by atoms with Crippen LogP contribution < -0.4 is 5.32 Å². The van der Waals surface area contributed by atoms with Gasteiger partial charge in [0.25, 0.3) is 0 Å². The van der Waals surface area contributed by atoms with Gasteiger partial charge in [-0.25, -0.2) is 4.79 Å². The van der Waals surface area contributed by atoms with E-state index in [9.17, 15) is 9.59 Å². The first-order chi connectivity index (χ1) is 7.49. The Morgan fingerprint density at radius 2 is 1.81 bits per heavy atom. The number of nitrogens with one attached hydrogen (secondary N) is 1. The van der Waals surface area contributed by atoms with Crippen LogP contribution in [-0.4, -0.2) is 36.3 Å². The summed E-state index contributed by atoms with van der Waals surface area (Å²) in [5.41, 5.74) is 0. The van der Waals surface area contributed by atoms with Crippen LogP contribution in [0.4, 0.5) is 4.79 Å². The number of halogens is 1. The van der Waals surface area contributed by atoms with Crippen molar-refractivity contribution >= 4 is 22.9 Å². The van der Waals surface area contributed by atoms with Gasteiger partial charge in [-0.2, -0.15) is 0 Å². The molecule has 1 fully saturated rings. The minimum absolute atomic E-state index is 0.0446. The van der Waals surface area contributed by atoms with Crippen LogP contribution in [-0.2, 0) is 4.79 Å². The van der Waals surface area contributed by atoms with Gasteiger partial charge in [0.15, 0.2) is 0 Å². The van der Waals surface area contributed by atoms with E-state index in [2.05, 4.69) is 5.32 Å². The van der Waals surface area contributed by atoms with Gasteiger partial charge >= 0.3 is 6.03 Å². The average molecular weight is 247 g/mol. The summed E-state index contributed by atoms with van der Waals surface area (Å²) in [5.74, 6) is 0.400. The average Bonchev–Trinajstić information content (AvgIpc) is 2.20. The van der Waals surface area contributed by atoms with Crippen LogP contribution in [0.5, 0.6) is 0 Å². The van der Waals surface area contributed by atoms with Gasteiger partial charge < -0.3 is 10.2 Å². The third-order valence-electron chi connectivity index (χ3n) is 3.03. The number of amides is 2. The second-order valence-corrected chi connectivity index (χ2v) is 5.04. The molecule has 4 nitrogen and oxygen atoms in total. The van der Waals surface area contributed by atoms with Crippen LogP contribution >= 0.6 is 11.6 Å². The fraction of sp³-hybridized carbons (Fsp3) is 0.818. The van der Waals surface area contributed by atoms with E-state index in [1.54, 1.807) is 14.1 Å². The Bertz CT molecular complexity index is 261. The van der Waals surface area contributed by atoms with Crippen LogP contribution in [0.1, 0.15) is 32.1 Å². The number of urea groups is 1. The standard InChI is InChI=1S/C11H19ClN2O2/c1-14(2)11(16)13-9-5-3-8(4-6-9)7-10(12)15/h8-9H,3-7H2,1-2H3,(H,13,16)/t8-,9-. The number of hydrogen-bond acceptors (Lipinski definition) is 2. The van der Waals surface area contributed by atoms with Crippen LogP contribution in [0.2, 0.25) is 0 Å². The summed E-state index contributed by atoms with van der Waals surface area (Å²) in [5, 5.41) is 2.71. The Morgan fingerprint density at radius 3 is 2.25 bits per heavy atom. The molecule has 0 spiro atoms. The largest absolute Gasteiger partial charge is 0.335 e. The highest BCUT2D eigenvalue weighted by Crippen LogP contribution is 2.27. The lowest BCUT2D eigenvalue weighted by atomic mass is 9.84. The monoisotopic (exact) mass is 246 g/mol. The molecule has 1 saturated carbocycles. The predicted molar refractivity (Wildman–Crippen MR) is 63.4 cm³/mol. The van der Waals surface area contributed by atoms with Crippen molar-refractivity contribution < 1.29 is 9.59 Å². The van der Waals surface area contributed by atoms with Crippen molar-refractivity contribution in [2.45, 2.75) is 38.1 Å². The molecule has 0 atom stereocenters. The summed E-state index contributed by atoms with van der Waals surface area (Å²) in [6.45, 7) is 0. The van der Waals surface area contributed by atoms with Crippen molar-refractivity contribution in [3.63, 3.8) is 0 Å². The van der Waals surface area contributed by atoms with Crippen molar-refractivity contribution in [1.82, 2.24) is 10.2 Å². The fourth-order valence-electron chi connectivity index (χ4n) is 2.04. The molecule has 92 valence electrons. The van der Waals surface area contributed by atoms with Gasteiger partial charge in [0.2, 0.25) is 5.24 Å². The second kappa shape index (κ2) is 6.09. The molecule has 16 heavy (non-hydrogen) atoms. The molecule has 0 aromatic rings. The number of carbonyl (C=O) groups is 2. The summed E-state index contributed by atoms with van der Waals surface area (Å²) < 4.78 is 0. The van der Waals surface area contributed by atoms with E-state index in [0.29, 0.717) is 12.3 Å². The predicted octanol–water partition coefficient (Wildman–Crippen LogP) is 1.97. The second-order valence-electron chi connectivity index (χ2n) is 4.62. The lowest BCUT2D eigenvalue weighted by Crippen LogP contribution is -2.43. The van der Waals surface area contributed by atoms with E-state index in [4.69, 9.17) is 11.6 Å². The van der Waals surface area contributed by atoms with Gasteiger partial charge in [-0.3, -0.25) is 4.79 Å². The molecule has 2 amide bonds. The molecule has 0 radical (unpaired) electrons. The lowest BCUT2D eigenvalue weighted by molar-refractivity contribution is -0.112. The van der Waals surface area contributed by atoms with Crippen molar-refractivity contribution in [3.05, 3.63) is 0 Å². The zero-order chi connectivity index (χ0) is 12.1. The molecule has 0 bridgehead atoms. The Morgan fingerprint density at radius 1 is 1.25 bits per heavy atom. The maximum Gasteiger partial charge on any atom is 0.317 e. The van der Waals surface area contributed by atoms with Crippen molar-refractivity contribution in [1.29, 1.82) is 0 Å². The highest BCUT2D eigenvalue weighted by atomic mass is 35.5. The van der Waals surface area contributed by atoms with Crippen LogP contribution in [0.15, 0.2) is 0 Å². The molecule has 0 saturated heterocycles. The van der Waals surface area contributed by atoms with Crippen LogP contribution in [0, 0.1) is 5.92 Å². The van der Waals surface area contributed by atoms with E-state index in [0.717, 1.165) is 25.7 Å². The summed E-state index contributed by atoms with van der Waals surface area (Å²) in [7, 11) is 3.46. The molecule has 0 heterocycles. The molecule has 5 heteroatoms. The third-order valence-corrected chi connectivity index (χ3v) is 3.18. The minimum atomic E-state index is -0.249. The normalized spacial score (nSPS) is 24.9. The first kappa shape index (κ1) is 13.3. The van der Waals surface area contributed by atoms with Crippen LogP contribution in [0.25, 0.3) is 0 Å². The minimum Gasteiger partial charge on any atom is -0.335 e. The third kappa shape index (κ3) is 4.39. The van der Waals surface area contributed by atoms with Crippen molar-refractivity contribution in [2.75, 3.05) is 14.1 Å². The van der Waals surface area contributed by atoms with Gasteiger partial charge in [0.05, 0.1) is 0 Å². The number of carbonyl (C=O) groups excluding carboxylic acids is 2. The van der Waals surface area contributed by atoms with Gasteiger partial charge in [-0.15, -0.1) is 0 Å². The van der Waals surface area contributed by atoms with Crippen LogP contribution in [0.3, 0.4) is 0 Å². The highest BCUT2D eigenvalue weighted by Gasteiger charge is 2.23. The van der Waals surface area contributed by atoms with E-state index in [1.165, 1.54) is 4.90 Å². The Kier molecular flexibility index (Phi) is 5.06. The number of nitrogens with zero attached hydrogens (tertiary/aromatic N) is 1. The van der Waals surface area contributed by atoms with Gasteiger partial charge in [-0.05, 0) is 43.2 Å². The first-order valence-electron chi connectivity index (χ1n) is 5.65. The number of hydrogen-bond donors (Lipinski definition) is 1. The van der Waals surface area contributed by atoms with E-state index < -0.39 is 0 Å². The van der Waals surface area contributed by atoms with Gasteiger partial charge in [0.1, 0.15) is 0 Å². The quantitative estimate of drug-likeness (QED) is 0.774. The molecule has 1 rings (SSSR count). The molecule has 0 unspecified atom stereocenters. The molecule has 0 aromatic heterocycles. The zero-order valence-electron chi connectivity index (χ0n) is 9.83. The molecular weight excluding hydrogens is 228 g/mol. The smallest absolute Gasteiger partial charge is 0.317 e. The van der Waals surface area contributed by atoms with Gasteiger partial charge in [0, 0.05) is 26.6 Å². The highest BCUT2D eigenvalue weighted by molar-refractivity contribution is 6.63. The summed E-state index contributed by atoms with van der Waals surface area (Å²) in [6, 6.07) is 0.202. The summed E-state index contributed by atoms with van der Waals surface area (Å²) in [6.07, 6.45) is 4.28. The maximum absolute atomic E-state index is 11.4. The van der Waals surface area contributed by atoms with Crippen molar-refractivity contribution in [2.24, 2.45) is 5.92 Å². The number of rotatable bonds is 3. The Hall–Kier alpha value is -0.770. The summed E-state index contributed by atoms with van der Waals surface area (Å²) >= 11 is 5.36. The topological polar surface area (TPSA) is 49.4 Å². The Balaban J connectivity index is 2.27. The molecule has 0 aromatic carbocycles. The molecule has 1 N–H and O–H groups in total. The zero-order valence-corrected chi connectivity index (χ0v) is 10.6. The van der Waals surface area contributed by atoms with Gasteiger partial charge in [-0.1, -0.05) is 0 Å². The molecule has 1 aliphatic carbocycles. The van der Waals surface area contributed by atoms with E-state index >= 15 is 0 Å².